The summed E-state index contributed by atoms with van der Waals surface area (Å²) >= 11 is 17.6. The Morgan fingerprint density at radius 2 is 1.69 bits per heavy atom. The first-order valence-corrected chi connectivity index (χ1v) is 14.6. The SMILES string of the molecule is COc1cc(/C=N\NC(=O)c2ccc(CSCc3ccccc3)cc2)cc(Br)c1OCc1ccc(Cl)cc1Cl. The van der Waals surface area contributed by atoms with Gasteiger partial charge < -0.3 is 9.47 Å². The summed E-state index contributed by atoms with van der Waals surface area (Å²) in [7, 11) is 1.55. The zero-order valence-corrected chi connectivity index (χ0v) is 24.9. The van der Waals surface area contributed by atoms with E-state index in [4.69, 9.17) is 32.7 Å². The van der Waals surface area contributed by atoms with Gasteiger partial charge in [0.2, 0.25) is 0 Å². The molecule has 0 unspecified atom stereocenters. The second-order valence-electron chi connectivity index (χ2n) is 8.43. The molecule has 0 saturated carbocycles. The minimum atomic E-state index is -0.291. The maximum Gasteiger partial charge on any atom is 0.271 e. The maximum atomic E-state index is 12.6. The van der Waals surface area contributed by atoms with E-state index in [9.17, 15) is 4.79 Å². The third kappa shape index (κ3) is 8.51. The first kappa shape index (κ1) is 29.0. The maximum absolute atomic E-state index is 12.6. The lowest BCUT2D eigenvalue weighted by Crippen LogP contribution is -2.17. The van der Waals surface area contributed by atoms with Gasteiger partial charge in [-0.25, -0.2) is 5.43 Å². The smallest absolute Gasteiger partial charge is 0.271 e. The van der Waals surface area contributed by atoms with Crippen LogP contribution in [0.25, 0.3) is 0 Å². The Morgan fingerprint density at radius 1 is 0.974 bits per heavy atom. The Hall–Kier alpha value is -2.97. The monoisotopic (exact) mass is 642 g/mol. The third-order valence-electron chi connectivity index (χ3n) is 5.62. The van der Waals surface area contributed by atoms with Gasteiger partial charge in [-0.3, -0.25) is 4.79 Å². The first-order valence-electron chi connectivity index (χ1n) is 11.9. The number of carbonyl (C=O) groups excluding carboxylic acids is 1. The van der Waals surface area contributed by atoms with Gasteiger partial charge in [-0.15, -0.1) is 0 Å². The summed E-state index contributed by atoms with van der Waals surface area (Å²) in [5.41, 5.74) is 7.07. The Morgan fingerprint density at radius 3 is 2.38 bits per heavy atom. The van der Waals surface area contributed by atoms with Crippen LogP contribution in [0.3, 0.4) is 0 Å². The lowest BCUT2D eigenvalue weighted by molar-refractivity contribution is 0.0955. The summed E-state index contributed by atoms with van der Waals surface area (Å²) < 4.78 is 12.1. The normalized spacial score (nSPS) is 11.0. The van der Waals surface area contributed by atoms with Crippen LogP contribution in [0.4, 0.5) is 0 Å². The number of methoxy groups -OCH3 is 1. The second kappa shape index (κ2) is 14.4. The summed E-state index contributed by atoms with van der Waals surface area (Å²) in [6.45, 7) is 0.235. The number of thioether (sulfide) groups is 1. The molecule has 0 aliphatic rings. The summed E-state index contributed by atoms with van der Waals surface area (Å²) in [5.74, 6) is 2.55. The van der Waals surface area contributed by atoms with E-state index in [0.717, 1.165) is 22.6 Å². The highest BCUT2D eigenvalue weighted by atomic mass is 79.9. The van der Waals surface area contributed by atoms with Crippen LogP contribution in [0.5, 0.6) is 11.5 Å². The quantitative estimate of drug-likeness (QED) is 0.131. The van der Waals surface area contributed by atoms with Gasteiger partial charge in [-0.2, -0.15) is 16.9 Å². The number of amides is 1. The zero-order valence-electron chi connectivity index (χ0n) is 21.0. The van der Waals surface area contributed by atoms with Crippen molar-refractivity contribution in [2.45, 2.75) is 18.1 Å². The zero-order chi connectivity index (χ0) is 27.6. The molecule has 0 radical (unpaired) electrons. The van der Waals surface area contributed by atoms with Crippen molar-refractivity contribution >= 4 is 63.0 Å². The fourth-order valence-electron chi connectivity index (χ4n) is 3.59. The molecule has 0 aliphatic heterocycles. The second-order valence-corrected chi connectivity index (χ2v) is 11.1. The molecular formula is C30H25BrCl2N2O3S. The molecule has 5 nitrogen and oxygen atoms in total. The van der Waals surface area contributed by atoms with Gasteiger partial charge in [0.15, 0.2) is 11.5 Å². The number of carbonyl (C=O) groups is 1. The average Bonchev–Trinajstić information content (AvgIpc) is 2.94. The van der Waals surface area contributed by atoms with E-state index >= 15 is 0 Å². The molecule has 1 amide bonds. The number of hydrogen-bond acceptors (Lipinski definition) is 5. The predicted molar refractivity (Wildman–Crippen MR) is 164 cm³/mol. The summed E-state index contributed by atoms with van der Waals surface area (Å²) in [5, 5.41) is 5.19. The van der Waals surface area contributed by atoms with E-state index in [1.165, 1.54) is 5.56 Å². The third-order valence-corrected chi connectivity index (χ3v) is 7.87. The van der Waals surface area contributed by atoms with Crippen molar-refractivity contribution < 1.29 is 14.3 Å². The van der Waals surface area contributed by atoms with Crippen molar-refractivity contribution in [1.29, 1.82) is 0 Å². The molecule has 200 valence electrons. The molecule has 4 aromatic carbocycles. The van der Waals surface area contributed by atoms with Gasteiger partial charge in [0, 0.05) is 32.7 Å². The Kier molecular flexibility index (Phi) is 10.7. The van der Waals surface area contributed by atoms with Gasteiger partial charge in [0.25, 0.3) is 5.91 Å². The number of nitrogens with one attached hydrogen (secondary N) is 1. The number of nitrogens with zero attached hydrogens (tertiary/aromatic N) is 1. The lowest BCUT2D eigenvalue weighted by Gasteiger charge is -2.14. The van der Waals surface area contributed by atoms with Crippen molar-refractivity contribution in [3.8, 4) is 11.5 Å². The minimum absolute atomic E-state index is 0.235. The molecule has 0 bridgehead atoms. The molecule has 0 aliphatic carbocycles. The van der Waals surface area contributed by atoms with Gasteiger partial charge >= 0.3 is 0 Å². The highest BCUT2D eigenvalue weighted by Gasteiger charge is 2.13. The van der Waals surface area contributed by atoms with Crippen molar-refractivity contribution in [3.63, 3.8) is 0 Å². The summed E-state index contributed by atoms with van der Waals surface area (Å²) in [6.07, 6.45) is 1.54. The topological polar surface area (TPSA) is 59.9 Å². The van der Waals surface area contributed by atoms with Crippen LogP contribution >= 0.6 is 50.9 Å². The molecule has 0 heterocycles. The number of ether oxygens (including phenoxy) is 2. The van der Waals surface area contributed by atoms with E-state index in [1.54, 1.807) is 31.5 Å². The van der Waals surface area contributed by atoms with Crippen LogP contribution in [0.2, 0.25) is 10.0 Å². The fourth-order valence-corrected chi connectivity index (χ4v) is 5.58. The van der Waals surface area contributed by atoms with Gasteiger partial charge in [0.05, 0.1) is 17.8 Å². The fraction of sp³-hybridized carbons (Fsp3) is 0.133. The first-order chi connectivity index (χ1) is 18.9. The van der Waals surface area contributed by atoms with Crippen molar-refractivity contribution in [1.82, 2.24) is 5.43 Å². The molecule has 39 heavy (non-hydrogen) atoms. The van der Waals surface area contributed by atoms with Gasteiger partial charge in [-0.05, 0) is 69.0 Å². The average molecular weight is 644 g/mol. The number of hydrogen-bond donors (Lipinski definition) is 1. The highest BCUT2D eigenvalue weighted by molar-refractivity contribution is 9.10. The summed E-state index contributed by atoms with van der Waals surface area (Å²) in [6, 6.07) is 26.7. The summed E-state index contributed by atoms with van der Waals surface area (Å²) in [4.78, 5) is 12.6. The standard InChI is InChI=1S/C30H25BrCl2N2O3S/c1-37-28-14-22(13-26(31)29(28)38-17-24-11-12-25(32)15-27(24)33)16-34-35-30(36)23-9-7-21(8-10-23)19-39-18-20-5-3-2-4-6-20/h2-16H,17-19H2,1H3,(H,35,36)/b34-16-. The number of benzene rings is 4. The van der Waals surface area contributed by atoms with Crippen molar-refractivity contribution in [3.05, 3.63) is 127 Å². The van der Waals surface area contributed by atoms with Gasteiger partial charge in [0.1, 0.15) is 6.61 Å². The van der Waals surface area contributed by atoms with Crippen LogP contribution in [0, 0.1) is 0 Å². The lowest BCUT2D eigenvalue weighted by atomic mass is 10.1. The number of rotatable bonds is 11. The molecule has 0 fully saturated rings. The van der Waals surface area contributed by atoms with Crippen LogP contribution in [0.1, 0.15) is 32.6 Å². The minimum Gasteiger partial charge on any atom is -0.493 e. The van der Waals surface area contributed by atoms with Gasteiger partial charge in [-0.1, -0.05) is 71.7 Å². The number of halogens is 3. The number of hydrazone groups is 1. The molecule has 4 aromatic rings. The molecule has 4 rings (SSSR count). The predicted octanol–water partition coefficient (Wildman–Crippen LogP) is 8.54. The van der Waals surface area contributed by atoms with E-state index in [2.05, 4.69) is 38.6 Å². The Balaban J connectivity index is 1.31. The molecule has 9 heteroatoms. The molecule has 0 aromatic heterocycles. The van der Waals surface area contributed by atoms with E-state index < -0.39 is 0 Å². The molecule has 0 atom stereocenters. The van der Waals surface area contributed by atoms with Crippen molar-refractivity contribution in [2.75, 3.05) is 7.11 Å². The van der Waals surface area contributed by atoms with Crippen LogP contribution in [0.15, 0.2) is 94.5 Å². The van der Waals surface area contributed by atoms with Crippen molar-refractivity contribution in [2.24, 2.45) is 5.10 Å². The van der Waals surface area contributed by atoms with E-state index in [1.807, 2.05) is 66.4 Å². The van der Waals surface area contributed by atoms with Crippen LogP contribution in [-0.4, -0.2) is 19.2 Å². The largest absolute Gasteiger partial charge is 0.493 e. The molecular weight excluding hydrogens is 619 g/mol. The Labute approximate surface area is 250 Å². The molecule has 0 saturated heterocycles. The molecule has 0 spiro atoms. The highest BCUT2D eigenvalue weighted by Crippen LogP contribution is 2.37. The molecule has 1 N–H and O–H groups in total. The van der Waals surface area contributed by atoms with Crippen LogP contribution in [-0.2, 0) is 18.1 Å². The van der Waals surface area contributed by atoms with E-state index in [0.29, 0.717) is 37.1 Å². The van der Waals surface area contributed by atoms with E-state index in [-0.39, 0.29) is 12.5 Å². The Bertz CT molecular complexity index is 1450. The van der Waals surface area contributed by atoms with Crippen LogP contribution < -0.4 is 14.9 Å².